The molecule has 0 atom stereocenters. The van der Waals surface area contributed by atoms with Crippen LogP contribution in [-0.4, -0.2) is 19.6 Å². The fraction of sp³-hybridized carbons (Fsp3) is 1.00. The van der Waals surface area contributed by atoms with E-state index in [4.69, 9.17) is 4.55 Å². The molecule has 0 aliphatic carbocycles. The molecule has 1 N–H and O–H groups in total. The van der Waals surface area contributed by atoms with Gasteiger partial charge in [-0.15, -0.1) is 0 Å². The summed E-state index contributed by atoms with van der Waals surface area (Å²) in [7, 11) is -4.25. The molecule has 0 aliphatic rings. The summed E-state index contributed by atoms with van der Waals surface area (Å²) in [5, 5.41) is 0. The maximum Gasteiger partial charge on any atom is 0.397 e. The van der Waals surface area contributed by atoms with Gasteiger partial charge in [0.1, 0.15) is 0 Å². The van der Waals surface area contributed by atoms with Crippen molar-refractivity contribution in [2.45, 2.75) is 122 Å². The van der Waals surface area contributed by atoms with E-state index in [2.05, 4.69) is 11.1 Å². The van der Waals surface area contributed by atoms with E-state index < -0.39 is 10.4 Å². The SMILES string of the molecule is CCCCCCCCCCCCCCCCCCCCOS(=O)(=O)O. The van der Waals surface area contributed by atoms with Gasteiger partial charge in [0.15, 0.2) is 0 Å². The van der Waals surface area contributed by atoms with Crippen molar-refractivity contribution in [3.63, 3.8) is 0 Å². The third kappa shape index (κ3) is 23.9. The summed E-state index contributed by atoms with van der Waals surface area (Å²) in [5.41, 5.74) is 0. The number of hydrogen-bond acceptors (Lipinski definition) is 3. The van der Waals surface area contributed by atoms with Crippen molar-refractivity contribution in [3.05, 3.63) is 0 Å². The van der Waals surface area contributed by atoms with Crippen molar-refractivity contribution in [3.8, 4) is 0 Å². The average Bonchev–Trinajstić information content (AvgIpc) is 2.56. The quantitative estimate of drug-likeness (QED) is 0.186. The van der Waals surface area contributed by atoms with Crippen LogP contribution in [0.5, 0.6) is 0 Å². The molecule has 4 nitrogen and oxygen atoms in total. The van der Waals surface area contributed by atoms with E-state index in [9.17, 15) is 8.42 Å². The monoisotopic (exact) mass is 378 g/mol. The van der Waals surface area contributed by atoms with Crippen molar-refractivity contribution in [1.29, 1.82) is 0 Å². The first-order valence-electron chi connectivity index (χ1n) is 10.7. The van der Waals surface area contributed by atoms with Crippen LogP contribution in [0.2, 0.25) is 0 Å². The highest BCUT2D eigenvalue weighted by Crippen LogP contribution is 2.14. The van der Waals surface area contributed by atoms with E-state index >= 15 is 0 Å². The Labute approximate surface area is 157 Å². The third-order valence-electron chi connectivity index (χ3n) is 4.73. The molecule has 0 aromatic carbocycles. The molecule has 0 radical (unpaired) electrons. The second-order valence-electron chi connectivity index (χ2n) is 7.26. The van der Waals surface area contributed by atoms with Gasteiger partial charge in [0.2, 0.25) is 0 Å². The maximum absolute atomic E-state index is 10.3. The molecule has 0 aliphatic heterocycles. The predicted molar refractivity (Wildman–Crippen MR) is 106 cm³/mol. The molecule has 152 valence electrons. The van der Waals surface area contributed by atoms with Gasteiger partial charge >= 0.3 is 10.4 Å². The molecule has 0 heterocycles. The summed E-state index contributed by atoms with van der Waals surface area (Å²) in [5.74, 6) is 0. The lowest BCUT2D eigenvalue weighted by Gasteiger charge is -2.04. The van der Waals surface area contributed by atoms with Crippen LogP contribution in [0, 0.1) is 0 Å². The summed E-state index contributed by atoms with van der Waals surface area (Å²) >= 11 is 0. The second-order valence-corrected chi connectivity index (χ2v) is 8.35. The van der Waals surface area contributed by atoms with E-state index in [1.54, 1.807) is 0 Å². The summed E-state index contributed by atoms with van der Waals surface area (Å²) in [6.07, 6.45) is 23.4. The molecule has 0 bridgehead atoms. The highest BCUT2D eigenvalue weighted by atomic mass is 32.3. The van der Waals surface area contributed by atoms with Crippen LogP contribution in [0.3, 0.4) is 0 Å². The van der Waals surface area contributed by atoms with Gasteiger partial charge in [-0.3, -0.25) is 4.55 Å². The van der Waals surface area contributed by atoms with Gasteiger partial charge in [-0.1, -0.05) is 116 Å². The minimum absolute atomic E-state index is 0.0948. The number of unbranched alkanes of at least 4 members (excludes halogenated alkanes) is 17. The molecule has 0 aromatic rings. The van der Waals surface area contributed by atoms with Gasteiger partial charge in [-0.05, 0) is 6.42 Å². The smallest absolute Gasteiger partial charge is 0.264 e. The van der Waals surface area contributed by atoms with Gasteiger partial charge in [0.25, 0.3) is 0 Å². The maximum atomic E-state index is 10.3. The summed E-state index contributed by atoms with van der Waals surface area (Å²) in [4.78, 5) is 0. The first-order valence-corrected chi connectivity index (χ1v) is 12.0. The molecule has 25 heavy (non-hydrogen) atoms. The highest BCUT2D eigenvalue weighted by Gasteiger charge is 2.02. The molecule has 0 unspecified atom stereocenters. The molecule has 0 saturated heterocycles. The van der Waals surface area contributed by atoms with Crippen molar-refractivity contribution in [1.82, 2.24) is 0 Å². The average molecular weight is 379 g/mol. The Hall–Kier alpha value is -0.130. The molecular weight excluding hydrogens is 336 g/mol. The normalized spacial score (nSPS) is 11.9. The minimum atomic E-state index is -4.25. The van der Waals surface area contributed by atoms with Gasteiger partial charge in [0.05, 0.1) is 6.61 Å². The van der Waals surface area contributed by atoms with Gasteiger partial charge in [-0.2, -0.15) is 8.42 Å². The van der Waals surface area contributed by atoms with E-state index in [1.165, 1.54) is 96.3 Å². The Morgan fingerprint density at radius 2 is 0.840 bits per heavy atom. The summed E-state index contributed by atoms with van der Waals surface area (Å²) < 4.78 is 33.4. The number of hydrogen-bond donors (Lipinski definition) is 1. The lowest BCUT2D eigenvalue weighted by molar-refractivity contribution is 0.261. The standard InChI is InChI=1S/C20H42O4S/c1-2-3-4-5-6-7-8-9-10-11-12-13-14-15-16-17-18-19-20-24-25(21,22)23/h2-20H2,1H3,(H,21,22,23). The molecule has 0 spiro atoms. The number of rotatable bonds is 20. The topological polar surface area (TPSA) is 63.6 Å². The van der Waals surface area contributed by atoms with Crippen molar-refractivity contribution < 1.29 is 17.2 Å². The minimum Gasteiger partial charge on any atom is -0.264 e. The van der Waals surface area contributed by atoms with Crippen LogP contribution in [0.25, 0.3) is 0 Å². The van der Waals surface area contributed by atoms with Crippen LogP contribution >= 0.6 is 0 Å². The van der Waals surface area contributed by atoms with E-state index in [0.717, 1.165) is 12.8 Å². The van der Waals surface area contributed by atoms with E-state index in [1.807, 2.05) is 0 Å². The van der Waals surface area contributed by atoms with Gasteiger partial charge in [-0.25, -0.2) is 4.18 Å². The summed E-state index contributed by atoms with van der Waals surface area (Å²) in [6.45, 7) is 2.37. The fourth-order valence-electron chi connectivity index (χ4n) is 3.17. The molecule has 0 fully saturated rings. The predicted octanol–water partition coefficient (Wildman–Crippen LogP) is 6.85. The van der Waals surface area contributed by atoms with E-state index in [-0.39, 0.29) is 6.61 Å². The zero-order chi connectivity index (χ0) is 18.6. The first-order chi connectivity index (χ1) is 12.1. The largest absolute Gasteiger partial charge is 0.397 e. The van der Waals surface area contributed by atoms with Crippen LogP contribution in [-0.2, 0) is 14.6 Å². The van der Waals surface area contributed by atoms with Crippen LogP contribution in [0.4, 0.5) is 0 Å². The Kier molecular flexibility index (Phi) is 18.6. The summed E-state index contributed by atoms with van der Waals surface area (Å²) in [6, 6.07) is 0. The molecule has 0 saturated carbocycles. The third-order valence-corrected chi connectivity index (χ3v) is 5.19. The zero-order valence-electron chi connectivity index (χ0n) is 16.5. The molecular formula is C20H42O4S. The lowest BCUT2D eigenvalue weighted by atomic mass is 10.0. The first kappa shape index (κ1) is 24.9. The van der Waals surface area contributed by atoms with E-state index in [0.29, 0.717) is 6.42 Å². The van der Waals surface area contributed by atoms with Gasteiger partial charge in [0, 0.05) is 0 Å². The van der Waals surface area contributed by atoms with Crippen molar-refractivity contribution >= 4 is 10.4 Å². The molecule has 5 heteroatoms. The van der Waals surface area contributed by atoms with Crippen LogP contribution in [0.15, 0.2) is 0 Å². The second kappa shape index (κ2) is 18.7. The Balaban J connectivity index is 3.03. The van der Waals surface area contributed by atoms with Crippen molar-refractivity contribution in [2.24, 2.45) is 0 Å². The Bertz CT molecular complexity index is 355. The molecule has 0 rings (SSSR count). The zero-order valence-corrected chi connectivity index (χ0v) is 17.3. The Morgan fingerprint density at radius 1 is 0.560 bits per heavy atom. The van der Waals surface area contributed by atoms with Crippen molar-refractivity contribution in [2.75, 3.05) is 6.61 Å². The van der Waals surface area contributed by atoms with Gasteiger partial charge < -0.3 is 0 Å². The Morgan fingerprint density at radius 3 is 1.12 bits per heavy atom. The van der Waals surface area contributed by atoms with Crippen LogP contribution < -0.4 is 0 Å². The molecule has 0 aromatic heterocycles. The fourth-order valence-corrected chi connectivity index (χ4v) is 3.50. The highest BCUT2D eigenvalue weighted by molar-refractivity contribution is 7.80. The molecule has 0 amide bonds. The van der Waals surface area contributed by atoms with Crippen LogP contribution in [0.1, 0.15) is 122 Å². The lowest BCUT2D eigenvalue weighted by Crippen LogP contribution is -2.04.